The highest BCUT2D eigenvalue weighted by Gasteiger charge is 2.70. The number of fused-ring (bicyclic) bond motifs is 8. The van der Waals surface area contributed by atoms with Crippen molar-refractivity contribution in [3.8, 4) is 0 Å². The number of benzene rings is 1. The fraction of sp³-hybridized carbons (Fsp3) is 0.842. The minimum absolute atomic E-state index is 0.0255. The predicted octanol–water partition coefficient (Wildman–Crippen LogP) is 4.12. The third-order valence-corrected chi connectivity index (χ3v) is 22.1. The van der Waals surface area contributed by atoms with Crippen molar-refractivity contribution < 1.29 is 74.1 Å². The van der Waals surface area contributed by atoms with Crippen molar-refractivity contribution >= 4 is 5.91 Å². The molecule has 4 heterocycles. The van der Waals surface area contributed by atoms with Crippen LogP contribution in [0.5, 0.6) is 0 Å². The van der Waals surface area contributed by atoms with Crippen LogP contribution in [-0.4, -0.2) is 163 Å². The van der Waals surface area contributed by atoms with Gasteiger partial charge in [-0.05, 0) is 140 Å². The van der Waals surface area contributed by atoms with Crippen molar-refractivity contribution in [3.63, 3.8) is 0 Å². The molecule has 0 aromatic heterocycles. The molecule has 5 aliphatic carbocycles. The molecule has 25 atom stereocenters. The standard InChI is InChI=1S/C57H87NO15/c1-28-16-22-57(52(67)58-25-19-32-12-10-11-13-33(32)26-58)24-23-55(8)34(39(57)29(28)2)14-15-37-54(7)20-18-38(53(5,6)36(54)17-21-56(37,55)9)71-51-48(73-50-45(65)43(63)41(61)31(4)69-50)46(66)47(35(27-59)70-51)72-49-44(64)42(62)40(60)30(3)68-49/h10-14,28-31,35-51,59-66H,15-27H2,1-9H3/t28-,29+,30+,31+,35-,36+,37-,38+,39+,40+,41+,42-,43-,44-,45-,46+,47-,48-,49+,50+,51+,54+,55-,56-,57+/m1/s1. The van der Waals surface area contributed by atoms with Crippen molar-refractivity contribution in [2.45, 2.75) is 231 Å². The van der Waals surface area contributed by atoms with Crippen LogP contribution >= 0.6 is 0 Å². The second-order valence-corrected chi connectivity index (χ2v) is 25.8. The van der Waals surface area contributed by atoms with E-state index in [1.807, 2.05) is 0 Å². The highest BCUT2D eigenvalue weighted by molar-refractivity contribution is 5.84. The average Bonchev–Trinajstić information content (AvgIpc) is 3.36. The van der Waals surface area contributed by atoms with E-state index < -0.39 is 116 Å². The predicted molar refractivity (Wildman–Crippen MR) is 266 cm³/mol. The fourth-order valence-electron chi connectivity index (χ4n) is 17.2. The Morgan fingerprint density at radius 1 is 0.671 bits per heavy atom. The van der Waals surface area contributed by atoms with E-state index >= 15 is 4.79 Å². The monoisotopic (exact) mass is 1030 g/mol. The number of amides is 1. The molecule has 16 heteroatoms. The first-order valence-electron chi connectivity index (χ1n) is 27.8. The molecule has 10 rings (SSSR count). The smallest absolute Gasteiger partial charge is 0.229 e. The number of allylic oxidation sites excluding steroid dienone is 2. The summed E-state index contributed by atoms with van der Waals surface area (Å²) in [6.45, 7) is 20.7. The fourth-order valence-corrected chi connectivity index (χ4v) is 17.2. The number of carbonyl (C=O) groups excluding carboxylic acids is 1. The van der Waals surface area contributed by atoms with Gasteiger partial charge in [0.1, 0.15) is 61.0 Å². The van der Waals surface area contributed by atoms with Crippen LogP contribution in [0.15, 0.2) is 35.9 Å². The summed E-state index contributed by atoms with van der Waals surface area (Å²) in [6.07, 6.45) is -10.4. The molecule has 0 unspecified atom stereocenters. The number of nitrogens with zero attached hydrogens (tertiary/aromatic N) is 1. The summed E-state index contributed by atoms with van der Waals surface area (Å²) in [6, 6.07) is 8.60. The Hall–Kier alpha value is -2.13. The maximum atomic E-state index is 15.3. The number of hydrogen-bond acceptors (Lipinski definition) is 15. The minimum Gasteiger partial charge on any atom is -0.394 e. The van der Waals surface area contributed by atoms with Gasteiger partial charge in [0.2, 0.25) is 5.91 Å². The van der Waals surface area contributed by atoms with Crippen LogP contribution in [0.1, 0.15) is 131 Å². The van der Waals surface area contributed by atoms with Gasteiger partial charge in [0.25, 0.3) is 0 Å². The van der Waals surface area contributed by atoms with E-state index in [4.69, 9.17) is 28.4 Å². The van der Waals surface area contributed by atoms with E-state index in [1.165, 1.54) is 30.5 Å². The zero-order chi connectivity index (χ0) is 52.5. The molecule has 73 heavy (non-hydrogen) atoms. The van der Waals surface area contributed by atoms with Gasteiger partial charge in [-0.2, -0.15) is 0 Å². The summed E-state index contributed by atoms with van der Waals surface area (Å²) in [5, 5.41) is 87.3. The molecule has 0 radical (unpaired) electrons. The third kappa shape index (κ3) is 8.48. The van der Waals surface area contributed by atoms with Gasteiger partial charge in [0.05, 0.1) is 30.3 Å². The molecule has 16 nitrogen and oxygen atoms in total. The quantitative estimate of drug-likeness (QED) is 0.135. The Bertz CT molecular complexity index is 2210. The van der Waals surface area contributed by atoms with Crippen LogP contribution in [0.2, 0.25) is 0 Å². The normalized spacial score (nSPS) is 51.6. The molecular formula is C57H87NO15. The summed E-state index contributed by atoms with van der Waals surface area (Å²) < 4.78 is 37.5. The number of aliphatic hydroxyl groups is 8. The maximum absolute atomic E-state index is 15.3. The number of carbonyl (C=O) groups is 1. The van der Waals surface area contributed by atoms with Crippen LogP contribution in [0.25, 0.3) is 0 Å². The number of ether oxygens (including phenoxy) is 6. The first-order valence-corrected chi connectivity index (χ1v) is 27.8. The Balaban J connectivity index is 0.914. The molecule has 9 aliphatic rings. The minimum atomic E-state index is -1.73. The van der Waals surface area contributed by atoms with Crippen molar-refractivity contribution in [2.75, 3.05) is 13.2 Å². The Kier molecular flexibility index (Phi) is 14.6. The number of hydrogen-bond donors (Lipinski definition) is 8. The van der Waals surface area contributed by atoms with Crippen LogP contribution in [-0.2, 0) is 46.2 Å². The number of aliphatic hydroxyl groups excluding tert-OH is 8. The molecule has 7 fully saturated rings. The second-order valence-electron chi connectivity index (χ2n) is 25.8. The molecule has 4 aliphatic heterocycles. The summed E-state index contributed by atoms with van der Waals surface area (Å²) in [5.41, 5.74) is 3.11. The Morgan fingerprint density at radius 2 is 1.30 bits per heavy atom. The van der Waals surface area contributed by atoms with E-state index in [2.05, 4.69) is 83.7 Å². The molecule has 1 aromatic rings. The van der Waals surface area contributed by atoms with Gasteiger partial charge in [-0.1, -0.05) is 84.4 Å². The molecule has 0 spiro atoms. The van der Waals surface area contributed by atoms with E-state index in [9.17, 15) is 40.9 Å². The maximum Gasteiger partial charge on any atom is 0.229 e. The second kappa shape index (κ2) is 19.6. The van der Waals surface area contributed by atoms with Crippen LogP contribution in [0, 0.1) is 56.7 Å². The summed E-state index contributed by atoms with van der Waals surface area (Å²) in [5.74, 6) is 2.03. The molecular weight excluding hydrogens is 939 g/mol. The molecule has 1 aromatic carbocycles. The van der Waals surface area contributed by atoms with Gasteiger partial charge in [0, 0.05) is 13.1 Å². The van der Waals surface area contributed by atoms with Crippen molar-refractivity contribution in [2.24, 2.45) is 56.7 Å². The summed E-state index contributed by atoms with van der Waals surface area (Å²) in [7, 11) is 0. The average molecular weight is 1030 g/mol. The lowest BCUT2D eigenvalue weighted by Gasteiger charge is -2.71. The van der Waals surface area contributed by atoms with E-state index in [1.54, 1.807) is 0 Å². The highest BCUT2D eigenvalue weighted by Crippen LogP contribution is 2.76. The lowest BCUT2D eigenvalue weighted by Crippen LogP contribution is -2.68. The molecule has 4 saturated carbocycles. The largest absolute Gasteiger partial charge is 0.394 e. The molecule has 410 valence electrons. The Labute approximate surface area is 431 Å². The molecule has 3 saturated heterocycles. The first kappa shape index (κ1) is 54.2. The van der Waals surface area contributed by atoms with Crippen LogP contribution in [0.4, 0.5) is 0 Å². The van der Waals surface area contributed by atoms with Crippen LogP contribution < -0.4 is 0 Å². The van der Waals surface area contributed by atoms with E-state index in [-0.39, 0.29) is 28.1 Å². The zero-order valence-electron chi connectivity index (χ0n) is 44.6. The van der Waals surface area contributed by atoms with Crippen molar-refractivity contribution in [1.82, 2.24) is 4.90 Å². The van der Waals surface area contributed by atoms with Gasteiger partial charge in [-0.25, -0.2) is 0 Å². The van der Waals surface area contributed by atoms with Gasteiger partial charge in [0.15, 0.2) is 18.9 Å². The van der Waals surface area contributed by atoms with Gasteiger partial charge in [-0.15, -0.1) is 0 Å². The lowest BCUT2D eigenvalue weighted by molar-refractivity contribution is -0.393. The molecule has 1 amide bonds. The lowest BCUT2D eigenvalue weighted by atomic mass is 9.33. The van der Waals surface area contributed by atoms with Crippen molar-refractivity contribution in [1.29, 1.82) is 0 Å². The van der Waals surface area contributed by atoms with E-state index in [0.717, 1.165) is 64.3 Å². The van der Waals surface area contributed by atoms with Gasteiger partial charge >= 0.3 is 0 Å². The highest BCUT2D eigenvalue weighted by atomic mass is 16.8. The van der Waals surface area contributed by atoms with Crippen molar-refractivity contribution in [3.05, 3.63) is 47.0 Å². The SMILES string of the molecule is C[C@H]1[C@H](C)CC[C@]2(C(=O)N3CCc4ccccc4C3)CC[C@]3(C)C(=CC[C@@H]4[C@@]5(C)CC[C@H](O[C@@H]6O[C@H](CO)[C@@H](O[C@@H]7O[C@@H](C)[C@H](O)[C@@H](O)[C@H]7O)[C@H](O)[C@H]6O[C@@H]6O[C@@H](C)[C@H](O)[C@@H](O)[C@H]6O)C(C)(C)[C@@H]5CC[C@]43C)[C@H]12. The van der Waals surface area contributed by atoms with Gasteiger partial charge < -0.3 is 74.2 Å². The van der Waals surface area contributed by atoms with Gasteiger partial charge in [-0.3, -0.25) is 4.79 Å². The summed E-state index contributed by atoms with van der Waals surface area (Å²) >= 11 is 0. The van der Waals surface area contributed by atoms with Crippen LogP contribution in [0.3, 0.4) is 0 Å². The Morgan fingerprint density at radius 3 is 1.95 bits per heavy atom. The number of rotatable bonds is 8. The van der Waals surface area contributed by atoms with E-state index in [0.29, 0.717) is 36.6 Å². The molecule has 0 bridgehead atoms. The third-order valence-electron chi connectivity index (χ3n) is 22.1. The summed E-state index contributed by atoms with van der Waals surface area (Å²) in [4.78, 5) is 17.5. The zero-order valence-corrected chi connectivity index (χ0v) is 44.6. The topological polar surface area (TPSA) is 238 Å². The first-order chi connectivity index (χ1) is 34.4. The molecule has 8 N–H and O–H groups in total.